The van der Waals surface area contributed by atoms with E-state index in [-0.39, 0.29) is 11.7 Å². The lowest BCUT2D eigenvalue weighted by Gasteiger charge is -2.21. The SMILES string of the molecule is CCc1ccccc1NC(=O)C(CC)n1cccc2nc(SCc3cccc(F)c3)nc1-2. The van der Waals surface area contributed by atoms with Crippen molar-refractivity contribution in [2.24, 2.45) is 0 Å². The Hall–Kier alpha value is -3.19. The van der Waals surface area contributed by atoms with E-state index >= 15 is 0 Å². The molecule has 0 aliphatic carbocycles. The van der Waals surface area contributed by atoms with Crippen molar-refractivity contribution in [2.45, 2.75) is 43.6 Å². The standard InChI is InChI=1S/C25H25FN4OS/c1-3-18-10-5-6-12-20(18)27-24(31)22(4-2)30-14-8-13-21-23(30)29-25(28-21)32-16-17-9-7-11-19(26)15-17/h5-15,22H,3-4,16H2,1-2H3,(H,27,31). The monoisotopic (exact) mass is 448 g/mol. The van der Waals surface area contributed by atoms with E-state index in [0.717, 1.165) is 28.9 Å². The lowest BCUT2D eigenvalue weighted by atomic mass is 10.1. The van der Waals surface area contributed by atoms with Crippen LogP contribution in [0.4, 0.5) is 10.1 Å². The molecule has 4 rings (SSSR count). The zero-order chi connectivity index (χ0) is 22.5. The van der Waals surface area contributed by atoms with E-state index in [2.05, 4.69) is 22.2 Å². The third-order valence-corrected chi connectivity index (χ3v) is 6.25. The number of carbonyl (C=O) groups excluding carboxylic acids is 1. The number of fused-ring (bicyclic) bond motifs is 1. The number of halogens is 1. The Morgan fingerprint density at radius 2 is 1.94 bits per heavy atom. The first-order valence-corrected chi connectivity index (χ1v) is 11.7. The lowest BCUT2D eigenvalue weighted by Crippen LogP contribution is -2.27. The Labute approximate surface area is 191 Å². The van der Waals surface area contributed by atoms with Gasteiger partial charge in [-0.1, -0.05) is 55.9 Å². The van der Waals surface area contributed by atoms with Crippen LogP contribution in [0.3, 0.4) is 0 Å². The van der Waals surface area contributed by atoms with Gasteiger partial charge in [0.25, 0.3) is 0 Å². The van der Waals surface area contributed by atoms with Crippen LogP contribution in [0.1, 0.15) is 37.4 Å². The fourth-order valence-corrected chi connectivity index (χ4v) is 4.48. The molecule has 2 aliphatic heterocycles. The van der Waals surface area contributed by atoms with Gasteiger partial charge in [0, 0.05) is 17.6 Å². The number of nitrogens with one attached hydrogen (secondary N) is 1. The Bertz CT molecular complexity index is 1190. The molecule has 1 unspecified atom stereocenters. The van der Waals surface area contributed by atoms with Crippen LogP contribution < -0.4 is 5.32 Å². The summed E-state index contributed by atoms with van der Waals surface area (Å²) in [5.74, 6) is 0.901. The first-order valence-electron chi connectivity index (χ1n) is 10.7. The Kier molecular flexibility index (Phi) is 6.85. The average molecular weight is 449 g/mol. The number of amides is 1. The summed E-state index contributed by atoms with van der Waals surface area (Å²) >= 11 is 1.45. The molecule has 164 valence electrons. The first kappa shape index (κ1) is 22.0. The molecule has 0 aromatic heterocycles. The normalized spacial score (nSPS) is 12.1. The number of aryl methyl sites for hydroxylation is 1. The van der Waals surface area contributed by atoms with Crippen molar-refractivity contribution in [3.8, 4) is 11.5 Å². The van der Waals surface area contributed by atoms with Crippen molar-refractivity contribution in [2.75, 3.05) is 5.32 Å². The number of pyridine rings is 1. The number of thioether (sulfide) groups is 1. The quantitative estimate of drug-likeness (QED) is 0.338. The molecule has 2 heterocycles. The van der Waals surface area contributed by atoms with E-state index in [1.54, 1.807) is 6.07 Å². The van der Waals surface area contributed by atoms with E-state index in [4.69, 9.17) is 0 Å². The highest BCUT2D eigenvalue weighted by molar-refractivity contribution is 7.98. The minimum atomic E-state index is -0.415. The maximum atomic E-state index is 13.4. The highest BCUT2D eigenvalue weighted by Crippen LogP contribution is 2.30. The van der Waals surface area contributed by atoms with Crippen molar-refractivity contribution >= 4 is 23.4 Å². The fourth-order valence-electron chi connectivity index (χ4n) is 3.69. The molecule has 1 N–H and O–H groups in total. The summed E-state index contributed by atoms with van der Waals surface area (Å²) in [5.41, 5.74) is 3.54. The minimum Gasteiger partial charge on any atom is -0.324 e. The van der Waals surface area contributed by atoms with Crippen molar-refractivity contribution in [1.82, 2.24) is 14.5 Å². The van der Waals surface area contributed by atoms with Crippen LogP contribution in [0.2, 0.25) is 0 Å². The number of hydrogen-bond acceptors (Lipinski definition) is 4. The summed E-state index contributed by atoms with van der Waals surface area (Å²) < 4.78 is 15.3. The largest absolute Gasteiger partial charge is 0.324 e. The molecule has 0 saturated carbocycles. The van der Waals surface area contributed by atoms with Crippen LogP contribution in [-0.2, 0) is 17.0 Å². The molecule has 0 saturated heterocycles. The molecule has 1 amide bonds. The Balaban J connectivity index is 1.56. The fraction of sp³-hybridized carbons (Fsp3) is 0.240. The zero-order valence-corrected chi connectivity index (χ0v) is 18.9. The summed E-state index contributed by atoms with van der Waals surface area (Å²) in [6.07, 6.45) is 3.33. The molecule has 2 aromatic rings. The minimum absolute atomic E-state index is 0.0807. The van der Waals surface area contributed by atoms with Crippen LogP contribution in [-0.4, -0.2) is 20.4 Å². The van der Waals surface area contributed by atoms with Crippen LogP contribution in [0.25, 0.3) is 11.5 Å². The van der Waals surface area contributed by atoms with Gasteiger partial charge >= 0.3 is 0 Å². The molecular formula is C25H25FN4OS. The van der Waals surface area contributed by atoms with Gasteiger partial charge in [-0.25, -0.2) is 14.4 Å². The van der Waals surface area contributed by atoms with Gasteiger partial charge in [-0.3, -0.25) is 4.79 Å². The van der Waals surface area contributed by atoms with Crippen molar-refractivity contribution in [1.29, 1.82) is 0 Å². The molecule has 0 spiro atoms. The summed E-state index contributed by atoms with van der Waals surface area (Å²) in [7, 11) is 0. The second-order valence-corrected chi connectivity index (χ2v) is 8.42. The number of imidazole rings is 1. The summed E-state index contributed by atoms with van der Waals surface area (Å²) in [4.78, 5) is 22.5. The summed E-state index contributed by atoms with van der Waals surface area (Å²) in [6, 6.07) is 17.7. The Morgan fingerprint density at radius 3 is 2.72 bits per heavy atom. The zero-order valence-electron chi connectivity index (χ0n) is 18.1. The van der Waals surface area contributed by atoms with E-state index in [9.17, 15) is 9.18 Å². The number of rotatable bonds is 8. The van der Waals surface area contributed by atoms with Crippen LogP contribution in [0.5, 0.6) is 0 Å². The van der Waals surface area contributed by atoms with Crippen LogP contribution in [0.15, 0.2) is 72.0 Å². The number of benzene rings is 2. The van der Waals surface area contributed by atoms with Gasteiger partial charge in [0.2, 0.25) is 5.91 Å². The van der Waals surface area contributed by atoms with Crippen LogP contribution in [0, 0.1) is 5.82 Å². The second-order valence-electron chi connectivity index (χ2n) is 7.47. The lowest BCUT2D eigenvalue weighted by molar-refractivity contribution is -0.119. The molecule has 0 bridgehead atoms. The Morgan fingerprint density at radius 1 is 1.09 bits per heavy atom. The maximum Gasteiger partial charge on any atom is 0.247 e. The number of nitrogens with zero attached hydrogens (tertiary/aromatic N) is 3. The molecule has 2 aliphatic rings. The van der Waals surface area contributed by atoms with E-state index < -0.39 is 6.04 Å². The third-order valence-electron chi connectivity index (χ3n) is 5.33. The molecule has 5 nitrogen and oxygen atoms in total. The van der Waals surface area contributed by atoms with Gasteiger partial charge in [0.1, 0.15) is 17.6 Å². The van der Waals surface area contributed by atoms with Gasteiger partial charge < -0.3 is 9.88 Å². The highest BCUT2D eigenvalue weighted by atomic mass is 32.2. The molecular weight excluding hydrogens is 423 g/mol. The third kappa shape index (κ3) is 4.83. The first-order chi connectivity index (χ1) is 15.6. The molecule has 2 aromatic carbocycles. The molecule has 1 atom stereocenters. The average Bonchev–Trinajstić information content (AvgIpc) is 3.22. The summed E-state index contributed by atoms with van der Waals surface area (Å²) in [6.45, 7) is 4.05. The molecule has 0 fully saturated rings. The van der Waals surface area contributed by atoms with Gasteiger partial charge in [0.15, 0.2) is 11.0 Å². The van der Waals surface area contributed by atoms with E-state index in [1.165, 1.54) is 23.9 Å². The van der Waals surface area contributed by atoms with Gasteiger partial charge in [-0.2, -0.15) is 0 Å². The smallest absolute Gasteiger partial charge is 0.247 e. The van der Waals surface area contributed by atoms with E-state index in [1.807, 2.05) is 60.2 Å². The molecule has 0 radical (unpaired) electrons. The predicted octanol–water partition coefficient (Wildman–Crippen LogP) is 5.97. The van der Waals surface area contributed by atoms with E-state index in [0.29, 0.717) is 23.2 Å². The van der Waals surface area contributed by atoms with Gasteiger partial charge in [-0.05, 0) is 54.3 Å². The number of para-hydroxylation sites is 1. The highest BCUT2D eigenvalue weighted by Gasteiger charge is 2.24. The van der Waals surface area contributed by atoms with Crippen molar-refractivity contribution in [3.63, 3.8) is 0 Å². The maximum absolute atomic E-state index is 13.4. The predicted molar refractivity (Wildman–Crippen MR) is 126 cm³/mol. The number of hydrogen-bond donors (Lipinski definition) is 1. The van der Waals surface area contributed by atoms with Gasteiger partial charge in [0.05, 0.1) is 0 Å². The second kappa shape index (κ2) is 9.96. The van der Waals surface area contributed by atoms with Crippen LogP contribution >= 0.6 is 11.8 Å². The van der Waals surface area contributed by atoms with Crippen molar-refractivity contribution in [3.05, 3.63) is 83.8 Å². The molecule has 32 heavy (non-hydrogen) atoms. The molecule has 7 heteroatoms. The van der Waals surface area contributed by atoms with Gasteiger partial charge in [-0.15, -0.1) is 0 Å². The number of anilines is 1. The summed E-state index contributed by atoms with van der Waals surface area (Å²) in [5, 5.41) is 3.69. The number of carbonyl (C=O) groups is 1. The number of aromatic nitrogens is 3. The van der Waals surface area contributed by atoms with Crippen molar-refractivity contribution < 1.29 is 9.18 Å². The topological polar surface area (TPSA) is 59.8 Å².